The third-order valence-corrected chi connectivity index (χ3v) is 9.11. The number of carbonyl (C=O) groups excluding carboxylic acids is 1. The van der Waals surface area contributed by atoms with Gasteiger partial charge in [0.2, 0.25) is 5.91 Å². The monoisotopic (exact) mass is 643 g/mol. The summed E-state index contributed by atoms with van der Waals surface area (Å²) in [4.78, 5) is 21.4. The number of hydrogen-bond acceptors (Lipinski definition) is 9. The molecule has 0 aliphatic rings. The van der Waals surface area contributed by atoms with Gasteiger partial charge in [-0.15, -0.1) is 0 Å². The van der Waals surface area contributed by atoms with Gasteiger partial charge in [0.1, 0.15) is 23.1 Å². The van der Waals surface area contributed by atoms with Crippen molar-refractivity contribution in [2.24, 2.45) is 0 Å². The molecule has 0 saturated heterocycles. The third kappa shape index (κ3) is 7.12. The predicted octanol–water partition coefficient (Wildman–Crippen LogP) is 6.64. The Morgan fingerprint density at radius 2 is 1.79 bits per heavy atom. The van der Waals surface area contributed by atoms with Gasteiger partial charge in [-0.25, -0.2) is 18.4 Å². The third-order valence-electron chi connectivity index (χ3n) is 6.66. The number of amides is 1. The topological polar surface area (TPSA) is 132 Å². The molecule has 0 unspecified atom stereocenters. The maximum atomic E-state index is 12.2. The van der Waals surface area contributed by atoms with Crippen molar-refractivity contribution in [3.05, 3.63) is 70.9 Å². The number of sulfone groups is 1. The van der Waals surface area contributed by atoms with Crippen LogP contribution in [0.25, 0.3) is 22.0 Å². The Bertz CT molecular complexity index is 1790. The van der Waals surface area contributed by atoms with Crippen LogP contribution in [0, 0.1) is 6.92 Å². The lowest BCUT2D eigenvalue weighted by Crippen LogP contribution is -2.18. The molecule has 1 amide bonds. The van der Waals surface area contributed by atoms with Crippen LogP contribution in [0.1, 0.15) is 12.5 Å². The minimum absolute atomic E-state index is 0.0247. The number of aromatic nitrogens is 2. The van der Waals surface area contributed by atoms with Gasteiger partial charge in [-0.3, -0.25) is 4.79 Å². The van der Waals surface area contributed by atoms with Gasteiger partial charge in [0, 0.05) is 40.9 Å². The van der Waals surface area contributed by atoms with Crippen molar-refractivity contribution in [1.82, 2.24) is 9.97 Å². The molecule has 2 aromatic carbocycles. The predicted molar refractivity (Wildman–Crippen MR) is 174 cm³/mol. The molecule has 3 N–H and O–H groups in total. The van der Waals surface area contributed by atoms with Gasteiger partial charge in [0.25, 0.3) is 0 Å². The van der Waals surface area contributed by atoms with Gasteiger partial charge in [-0.05, 0) is 36.8 Å². The van der Waals surface area contributed by atoms with Crippen LogP contribution in [-0.4, -0.2) is 56.6 Å². The molecule has 0 bridgehead atoms. The lowest BCUT2D eigenvalue weighted by Gasteiger charge is -2.18. The molecule has 4 rings (SSSR count). The minimum Gasteiger partial charge on any atom is -0.495 e. The fraction of sp³-hybridized carbons (Fsp3) is 0.233. The number of pyridine rings is 2. The van der Waals surface area contributed by atoms with Crippen LogP contribution < -0.4 is 25.4 Å². The number of aryl methyl sites for hydroxylation is 1. The van der Waals surface area contributed by atoms with Crippen molar-refractivity contribution < 1.29 is 22.7 Å². The second-order valence-electron chi connectivity index (χ2n) is 9.41. The van der Waals surface area contributed by atoms with Gasteiger partial charge in [-0.2, -0.15) is 0 Å². The van der Waals surface area contributed by atoms with Crippen molar-refractivity contribution in [2.45, 2.75) is 13.8 Å². The highest BCUT2D eigenvalue weighted by atomic mass is 35.5. The standard InChI is InChI=1S/C30H31Cl2N5O5S/c1-6-25(38)35-20-10-8-9-17(3)29(20)37-24-14-19-18(16-34-24)13-21(36-30(19)33-11-12-43(39,40)7-2)26-27(31)22(41-4)15-23(42-5)28(26)32/h6,8-10,13-16H,1,7,11-12H2,2-5H3,(H,33,36)(H,34,37)(H,35,38). The zero-order chi connectivity index (χ0) is 31.3. The first kappa shape index (κ1) is 31.9. The molecule has 43 heavy (non-hydrogen) atoms. The van der Waals surface area contributed by atoms with Crippen molar-refractivity contribution >= 4 is 72.7 Å². The summed E-state index contributed by atoms with van der Waals surface area (Å²) >= 11 is 13.4. The molecule has 0 aliphatic heterocycles. The molecule has 0 spiro atoms. The summed E-state index contributed by atoms with van der Waals surface area (Å²) in [7, 11) is -0.278. The van der Waals surface area contributed by atoms with Gasteiger partial charge in [0.15, 0.2) is 9.84 Å². The zero-order valence-electron chi connectivity index (χ0n) is 24.0. The second kappa shape index (κ2) is 13.5. The van der Waals surface area contributed by atoms with E-state index in [1.165, 1.54) is 20.3 Å². The van der Waals surface area contributed by atoms with E-state index in [-0.39, 0.29) is 34.0 Å². The van der Waals surface area contributed by atoms with E-state index in [1.807, 2.05) is 19.1 Å². The summed E-state index contributed by atoms with van der Waals surface area (Å²) in [6.07, 6.45) is 2.84. The van der Waals surface area contributed by atoms with Crippen LogP contribution >= 0.6 is 23.2 Å². The molecule has 2 aromatic heterocycles. The number of halogens is 2. The molecule has 0 atom stereocenters. The van der Waals surface area contributed by atoms with E-state index < -0.39 is 9.84 Å². The Morgan fingerprint density at radius 3 is 2.42 bits per heavy atom. The zero-order valence-corrected chi connectivity index (χ0v) is 26.4. The quantitative estimate of drug-likeness (QED) is 0.145. The number of anilines is 4. The highest BCUT2D eigenvalue weighted by Gasteiger charge is 2.22. The number of fused-ring (bicyclic) bond motifs is 1. The molecular weight excluding hydrogens is 613 g/mol. The lowest BCUT2D eigenvalue weighted by molar-refractivity contribution is -0.111. The first-order chi connectivity index (χ1) is 20.5. The Hall–Kier alpha value is -4.06. The summed E-state index contributed by atoms with van der Waals surface area (Å²) in [5.41, 5.74) is 2.86. The summed E-state index contributed by atoms with van der Waals surface area (Å²) in [6.45, 7) is 7.13. The van der Waals surface area contributed by atoms with E-state index in [4.69, 9.17) is 37.7 Å². The molecule has 226 valence electrons. The minimum atomic E-state index is -3.24. The Labute approximate surface area is 260 Å². The smallest absolute Gasteiger partial charge is 0.247 e. The molecule has 13 heteroatoms. The second-order valence-corrected chi connectivity index (χ2v) is 12.6. The molecular formula is C30H31Cl2N5O5S. The van der Waals surface area contributed by atoms with E-state index >= 15 is 0 Å². The first-order valence-corrected chi connectivity index (χ1v) is 15.7. The number of methoxy groups -OCH3 is 2. The van der Waals surface area contributed by atoms with E-state index in [0.29, 0.717) is 56.5 Å². The number of ether oxygens (including phenoxy) is 2. The van der Waals surface area contributed by atoms with Gasteiger partial charge in [0.05, 0.1) is 47.1 Å². The number of para-hydroxylation sites is 1. The normalized spacial score (nSPS) is 11.2. The molecule has 0 fully saturated rings. The molecule has 2 heterocycles. The first-order valence-electron chi connectivity index (χ1n) is 13.2. The van der Waals surface area contributed by atoms with Crippen molar-refractivity contribution in [2.75, 3.05) is 48.2 Å². The van der Waals surface area contributed by atoms with E-state index in [0.717, 1.165) is 5.56 Å². The van der Waals surface area contributed by atoms with Gasteiger partial charge in [-0.1, -0.05) is 48.8 Å². The van der Waals surface area contributed by atoms with Crippen LogP contribution in [-0.2, 0) is 14.6 Å². The molecule has 0 aliphatic carbocycles. The highest BCUT2D eigenvalue weighted by molar-refractivity contribution is 7.91. The van der Waals surface area contributed by atoms with Crippen molar-refractivity contribution in [3.8, 4) is 22.8 Å². The maximum absolute atomic E-state index is 12.2. The van der Waals surface area contributed by atoms with E-state index in [2.05, 4.69) is 27.5 Å². The number of hydrogen-bond donors (Lipinski definition) is 3. The fourth-order valence-electron chi connectivity index (χ4n) is 4.31. The highest BCUT2D eigenvalue weighted by Crippen LogP contribution is 2.46. The summed E-state index contributed by atoms with van der Waals surface area (Å²) in [5.74, 6) is 1.14. The van der Waals surface area contributed by atoms with Gasteiger partial charge < -0.3 is 25.4 Å². The molecule has 4 aromatic rings. The molecule has 10 nitrogen and oxygen atoms in total. The number of carbonyl (C=O) groups is 1. The van der Waals surface area contributed by atoms with Crippen LogP contribution in [0.2, 0.25) is 10.0 Å². The van der Waals surface area contributed by atoms with Crippen LogP contribution in [0.4, 0.5) is 23.0 Å². The molecule has 0 saturated carbocycles. The SMILES string of the molecule is C=CC(=O)Nc1cccc(C)c1Nc1cc2c(NCCS(=O)(=O)CC)nc(-c3c(Cl)c(OC)cc(OC)c3Cl)cc2cn1. The fourth-order valence-corrected chi connectivity index (χ4v) is 5.70. The summed E-state index contributed by atoms with van der Waals surface area (Å²) < 4.78 is 35.3. The van der Waals surface area contributed by atoms with Crippen LogP contribution in [0.15, 0.2) is 55.3 Å². The van der Waals surface area contributed by atoms with E-state index in [9.17, 15) is 13.2 Å². The number of nitrogens with one attached hydrogen (secondary N) is 3. The average molecular weight is 645 g/mol. The largest absolute Gasteiger partial charge is 0.495 e. The summed E-state index contributed by atoms with van der Waals surface area (Å²) in [5, 5.41) is 11.1. The van der Waals surface area contributed by atoms with Crippen LogP contribution in [0.5, 0.6) is 11.5 Å². The number of rotatable bonds is 12. The van der Waals surface area contributed by atoms with Crippen LogP contribution in [0.3, 0.4) is 0 Å². The maximum Gasteiger partial charge on any atom is 0.247 e. The lowest BCUT2D eigenvalue weighted by atomic mass is 10.1. The number of nitrogens with zero attached hydrogens (tertiary/aromatic N) is 2. The molecule has 0 radical (unpaired) electrons. The van der Waals surface area contributed by atoms with Crippen molar-refractivity contribution in [3.63, 3.8) is 0 Å². The Kier molecular flexibility index (Phi) is 10.0. The van der Waals surface area contributed by atoms with E-state index in [1.54, 1.807) is 37.4 Å². The van der Waals surface area contributed by atoms with Gasteiger partial charge >= 0.3 is 0 Å². The number of benzene rings is 2. The van der Waals surface area contributed by atoms with Crippen molar-refractivity contribution in [1.29, 1.82) is 0 Å². The summed E-state index contributed by atoms with van der Waals surface area (Å²) in [6, 6.07) is 10.6. The average Bonchev–Trinajstić information content (AvgIpc) is 2.99. The Morgan fingerprint density at radius 1 is 1.09 bits per heavy atom. The Balaban J connectivity index is 1.85.